The first-order valence-corrected chi connectivity index (χ1v) is 6.22. The fourth-order valence-electron chi connectivity index (χ4n) is 1.72. The molecule has 0 spiro atoms. The molecule has 98 valence electrons. The van der Waals surface area contributed by atoms with Crippen LogP contribution < -0.4 is 10.6 Å². The summed E-state index contributed by atoms with van der Waals surface area (Å²) in [5, 5.41) is 6.57. The maximum atomic E-state index is 5.80. The van der Waals surface area contributed by atoms with Gasteiger partial charge >= 0.3 is 0 Å². The fraction of sp³-hybridized carbons (Fsp3) is 0.143. The summed E-state index contributed by atoms with van der Waals surface area (Å²) in [6.45, 7) is 5.73. The van der Waals surface area contributed by atoms with E-state index in [1.807, 2.05) is 32.2 Å². The molecular weight excluding hydrogens is 260 g/mol. The summed E-state index contributed by atoms with van der Waals surface area (Å²) in [6, 6.07) is 5.94. The molecule has 0 fully saturated rings. The Labute approximate surface area is 117 Å². The van der Waals surface area contributed by atoms with Gasteiger partial charge in [0.2, 0.25) is 5.28 Å². The maximum Gasteiger partial charge on any atom is 0.224 e. The number of hydrogen-bond acceptors (Lipinski definition) is 4. The van der Waals surface area contributed by atoms with E-state index in [0.29, 0.717) is 5.82 Å². The molecule has 5 heteroatoms. The van der Waals surface area contributed by atoms with Gasteiger partial charge in [0.1, 0.15) is 5.82 Å². The second-order valence-corrected chi connectivity index (χ2v) is 4.39. The van der Waals surface area contributed by atoms with Crippen LogP contribution >= 0.6 is 11.6 Å². The molecule has 2 N–H and O–H groups in total. The van der Waals surface area contributed by atoms with Crippen molar-refractivity contribution < 1.29 is 0 Å². The first-order chi connectivity index (χ1) is 9.13. The Morgan fingerprint density at radius 2 is 2.16 bits per heavy atom. The minimum Gasteiger partial charge on any atom is -0.388 e. The number of hydrogen-bond donors (Lipinski definition) is 2. The molecule has 4 nitrogen and oxygen atoms in total. The van der Waals surface area contributed by atoms with Crippen LogP contribution in [-0.2, 0) is 0 Å². The van der Waals surface area contributed by atoms with E-state index in [4.69, 9.17) is 11.6 Å². The average molecular weight is 275 g/mol. The summed E-state index contributed by atoms with van der Waals surface area (Å²) in [6.07, 6.45) is 3.49. The van der Waals surface area contributed by atoms with Crippen molar-refractivity contribution in [2.45, 2.75) is 6.92 Å². The van der Waals surface area contributed by atoms with E-state index in [9.17, 15) is 0 Å². The Balaban J connectivity index is 2.33. The largest absolute Gasteiger partial charge is 0.388 e. The molecule has 0 saturated carbocycles. The van der Waals surface area contributed by atoms with Gasteiger partial charge in [-0.1, -0.05) is 12.7 Å². The SMILES string of the molecule is C=Cc1cc(Nc2nc(Cl)ncc2C)ccc1NC. The topological polar surface area (TPSA) is 49.8 Å². The van der Waals surface area contributed by atoms with E-state index in [-0.39, 0.29) is 5.28 Å². The van der Waals surface area contributed by atoms with E-state index in [0.717, 1.165) is 22.5 Å². The van der Waals surface area contributed by atoms with Gasteiger partial charge in [-0.15, -0.1) is 0 Å². The number of nitrogens with one attached hydrogen (secondary N) is 2. The zero-order valence-electron chi connectivity index (χ0n) is 10.9. The van der Waals surface area contributed by atoms with Gasteiger partial charge in [-0.05, 0) is 42.3 Å². The van der Waals surface area contributed by atoms with E-state index >= 15 is 0 Å². The lowest BCUT2D eigenvalue weighted by Crippen LogP contribution is -1.99. The highest BCUT2D eigenvalue weighted by molar-refractivity contribution is 6.28. The predicted octanol–water partition coefficient (Wildman–Crippen LogP) is 3.87. The number of aromatic nitrogens is 2. The number of halogens is 1. The van der Waals surface area contributed by atoms with Crippen molar-refractivity contribution in [2.24, 2.45) is 0 Å². The zero-order chi connectivity index (χ0) is 13.8. The molecule has 1 heterocycles. The van der Waals surface area contributed by atoms with Crippen molar-refractivity contribution in [3.05, 3.63) is 47.4 Å². The third kappa shape index (κ3) is 3.03. The first-order valence-electron chi connectivity index (χ1n) is 5.84. The Morgan fingerprint density at radius 3 is 2.84 bits per heavy atom. The lowest BCUT2D eigenvalue weighted by atomic mass is 10.1. The third-order valence-electron chi connectivity index (χ3n) is 2.75. The molecule has 19 heavy (non-hydrogen) atoms. The molecule has 0 saturated heterocycles. The highest BCUT2D eigenvalue weighted by Gasteiger charge is 2.04. The smallest absolute Gasteiger partial charge is 0.224 e. The molecule has 0 bridgehead atoms. The summed E-state index contributed by atoms with van der Waals surface area (Å²) < 4.78 is 0. The van der Waals surface area contributed by atoms with Crippen LogP contribution in [0.5, 0.6) is 0 Å². The van der Waals surface area contributed by atoms with Crippen LogP contribution in [0.2, 0.25) is 5.28 Å². The van der Waals surface area contributed by atoms with Gasteiger partial charge < -0.3 is 10.6 Å². The van der Waals surface area contributed by atoms with Gasteiger partial charge in [0.25, 0.3) is 0 Å². The molecule has 2 aromatic rings. The summed E-state index contributed by atoms with van der Waals surface area (Å²) in [5.74, 6) is 0.701. The number of nitrogens with zero attached hydrogens (tertiary/aromatic N) is 2. The monoisotopic (exact) mass is 274 g/mol. The lowest BCUT2D eigenvalue weighted by molar-refractivity contribution is 1.13. The summed E-state index contributed by atoms with van der Waals surface area (Å²) in [7, 11) is 1.88. The van der Waals surface area contributed by atoms with E-state index in [2.05, 4.69) is 27.2 Å². The van der Waals surface area contributed by atoms with E-state index in [1.54, 1.807) is 12.3 Å². The highest BCUT2D eigenvalue weighted by Crippen LogP contribution is 2.24. The van der Waals surface area contributed by atoms with Crippen LogP contribution in [-0.4, -0.2) is 17.0 Å². The molecule has 1 aromatic carbocycles. The molecule has 1 aromatic heterocycles. The lowest BCUT2D eigenvalue weighted by Gasteiger charge is -2.11. The van der Waals surface area contributed by atoms with Gasteiger partial charge in [-0.2, -0.15) is 0 Å². The summed E-state index contributed by atoms with van der Waals surface area (Å²) in [5.41, 5.74) is 3.90. The molecular formula is C14H15ClN4. The minimum absolute atomic E-state index is 0.226. The molecule has 0 aliphatic heterocycles. The van der Waals surface area contributed by atoms with Crippen molar-refractivity contribution >= 4 is 34.9 Å². The van der Waals surface area contributed by atoms with Crippen molar-refractivity contribution in [3.8, 4) is 0 Å². The second kappa shape index (κ2) is 5.71. The zero-order valence-corrected chi connectivity index (χ0v) is 11.6. The molecule has 0 aliphatic carbocycles. The molecule has 0 radical (unpaired) electrons. The molecule has 2 rings (SSSR count). The molecule has 0 atom stereocenters. The van der Waals surface area contributed by atoms with Gasteiger partial charge in [0.05, 0.1) is 0 Å². The van der Waals surface area contributed by atoms with E-state index < -0.39 is 0 Å². The van der Waals surface area contributed by atoms with Crippen molar-refractivity contribution in [2.75, 3.05) is 17.7 Å². The normalized spacial score (nSPS) is 10.1. The van der Waals surface area contributed by atoms with Gasteiger partial charge in [0.15, 0.2) is 0 Å². The van der Waals surface area contributed by atoms with Crippen LogP contribution in [0.15, 0.2) is 31.0 Å². The number of rotatable bonds is 4. The number of aryl methyl sites for hydroxylation is 1. The Kier molecular flexibility index (Phi) is 4.02. The number of anilines is 3. The van der Waals surface area contributed by atoms with Crippen LogP contribution in [0, 0.1) is 6.92 Å². The van der Waals surface area contributed by atoms with Crippen molar-refractivity contribution in [1.82, 2.24) is 9.97 Å². The molecule has 0 aliphatic rings. The van der Waals surface area contributed by atoms with Crippen LogP contribution in [0.1, 0.15) is 11.1 Å². The van der Waals surface area contributed by atoms with E-state index in [1.165, 1.54) is 0 Å². The molecule has 0 amide bonds. The third-order valence-corrected chi connectivity index (χ3v) is 2.93. The maximum absolute atomic E-state index is 5.80. The van der Waals surface area contributed by atoms with Gasteiger partial charge in [-0.3, -0.25) is 0 Å². The summed E-state index contributed by atoms with van der Waals surface area (Å²) in [4.78, 5) is 8.10. The minimum atomic E-state index is 0.226. The summed E-state index contributed by atoms with van der Waals surface area (Å²) >= 11 is 5.80. The highest BCUT2D eigenvalue weighted by atomic mass is 35.5. The quantitative estimate of drug-likeness (QED) is 0.831. The Hall–Kier alpha value is -2.07. The standard InChI is InChI=1S/C14H15ClN4/c1-4-10-7-11(5-6-12(10)16-3)18-13-9(2)8-17-14(15)19-13/h4-8,16H,1H2,2-3H3,(H,17,18,19). The number of benzene rings is 1. The average Bonchev–Trinajstić information content (AvgIpc) is 2.42. The van der Waals surface area contributed by atoms with Crippen molar-refractivity contribution in [1.29, 1.82) is 0 Å². The van der Waals surface area contributed by atoms with Crippen LogP contribution in [0.3, 0.4) is 0 Å². The first kappa shape index (κ1) is 13.4. The second-order valence-electron chi connectivity index (χ2n) is 4.05. The Bertz CT molecular complexity index is 610. The molecule has 0 unspecified atom stereocenters. The van der Waals surface area contributed by atoms with Gasteiger partial charge in [0, 0.05) is 30.2 Å². The van der Waals surface area contributed by atoms with Crippen molar-refractivity contribution in [3.63, 3.8) is 0 Å². The fourth-order valence-corrected chi connectivity index (χ4v) is 1.85. The van der Waals surface area contributed by atoms with Crippen LogP contribution in [0.25, 0.3) is 6.08 Å². The predicted molar refractivity (Wildman–Crippen MR) is 81.1 cm³/mol. The Morgan fingerprint density at radius 1 is 1.37 bits per heavy atom. The van der Waals surface area contributed by atoms with Crippen LogP contribution in [0.4, 0.5) is 17.2 Å². The van der Waals surface area contributed by atoms with Gasteiger partial charge in [-0.25, -0.2) is 9.97 Å².